The highest BCUT2D eigenvalue weighted by Gasteiger charge is 2.32. The molecule has 154 valence electrons. The van der Waals surface area contributed by atoms with Gasteiger partial charge in [0.15, 0.2) is 15.0 Å². The first kappa shape index (κ1) is 20.4. The second-order valence-corrected chi connectivity index (χ2v) is 12.5. The SMILES string of the molecule is CS(=O)(=O)c1ccc2nc(NC(=O)c3sccc3S(=O)(=O)N3CCCC3)sc2c1. The minimum absolute atomic E-state index is 0.00220. The summed E-state index contributed by atoms with van der Waals surface area (Å²) in [7, 11) is -7.06. The van der Waals surface area contributed by atoms with E-state index < -0.39 is 25.8 Å². The van der Waals surface area contributed by atoms with Crippen LogP contribution in [0.25, 0.3) is 10.2 Å². The summed E-state index contributed by atoms with van der Waals surface area (Å²) < 4.78 is 51.1. The van der Waals surface area contributed by atoms with Crippen molar-refractivity contribution in [1.82, 2.24) is 9.29 Å². The fourth-order valence-electron chi connectivity index (χ4n) is 3.08. The van der Waals surface area contributed by atoms with Crippen molar-refractivity contribution in [1.29, 1.82) is 0 Å². The minimum atomic E-state index is -3.71. The molecule has 3 aromatic rings. The van der Waals surface area contributed by atoms with Crippen LogP contribution in [0.4, 0.5) is 5.13 Å². The molecule has 0 atom stereocenters. The molecule has 12 heteroatoms. The van der Waals surface area contributed by atoms with Crippen LogP contribution in [0.3, 0.4) is 0 Å². The summed E-state index contributed by atoms with van der Waals surface area (Å²) in [5.74, 6) is -0.555. The highest BCUT2D eigenvalue weighted by Crippen LogP contribution is 2.31. The Morgan fingerprint density at radius 3 is 2.55 bits per heavy atom. The first-order valence-electron chi connectivity index (χ1n) is 8.66. The smallest absolute Gasteiger partial charge is 0.268 e. The zero-order valence-corrected chi connectivity index (χ0v) is 18.5. The number of nitrogens with zero attached hydrogens (tertiary/aromatic N) is 2. The number of thiophene rings is 1. The van der Waals surface area contributed by atoms with Crippen LogP contribution < -0.4 is 5.32 Å². The van der Waals surface area contributed by atoms with Crippen LogP contribution in [0, 0.1) is 0 Å². The lowest BCUT2D eigenvalue weighted by Gasteiger charge is -2.15. The summed E-state index contributed by atoms with van der Waals surface area (Å²) in [5, 5.41) is 4.49. The lowest BCUT2D eigenvalue weighted by Crippen LogP contribution is -2.29. The molecular formula is C17H17N3O5S4. The number of sulfonamides is 1. The van der Waals surface area contributed by atoms with Gasteiger partial charge in [0.2, 0.25) is 10.0 Å². The highest BCUT2D eigenvalue weighted by atomic mass is 32.2. The number of rotatable bonds is 5. The molecule has 0 aliphatic carbocycles. The third-order valence-corrected chi connectivity index (χ3v) is 9.55. The second kappa shape index (κ2) is 7.43. The van der Waals surface area contributed by atoms with Crippen LogP contribution in [0.2, 0.25) is 0 Å². The van der Waals surface area contributed by atoms with E-state index in [4.69, 9.17) is 0 Å². The van der Waals surface area contributed by atoms with Crippen molar-refractivity contribution in [2.45, 2.75) is 22.6 Å². The molecule has 1 aliphatic rings. The molecule has 4 rings (SSSR count). The molecule has 0 saturated carbocycles. The van der Waals surface area contributed by atoms with E-state index in [1.807, 2.05) is 0 Å². The van der Waals surface area contributed by atoms with Crippen LogP contribution >= 0.6 is 22.7 Å². The van der Waals surface area contributed by atoms with Crippen molar-refractivity contribution >= 4 is 63.8 Å². The molecule has 1 fully saturated rings. The van der Waals surface area contributed by atoms with Gasteiger partial charge in [-0.25, -0.2) is 21.8 Å². The van der Waals surface area contributed by atoms with Gasteiger partial charge in [-0.3, -0.25) is 10.1 Å². The summed E-state index contributed by atoms with van der Waals surface area (Å²) >= 11 is 2.18. The molecule has 0 radical (unpaired) electrons. The summed E-state index contributed by atoms with van der Waals surface area (Å²) in [6.45, 7) is 0.916. The van der Waals surface area contributed by atoms with Crippen LogP contribution in [-0.4, -0.2) is 51.4 Å². The highest BCUT2D eigenvalue weighted by molar-refractivity contribution is 7.90. The topological polar surface area (TPSA) is 114 Å². The van der Waals surface area contributed by atoms with E-state index in [9.17, 15) is 21.6 Å². The molecule has 0 spiro atoms. The van der Waals surface area contributed by atoms with Gasteiger partial charge in [-0.15, -0.1) is 11.3 Å². The maximum Gasteiger partial charge on any atom is 0.268 e. The molecule has 2 aromatic heterocycles. The summed E-state index contributed by atoms with van der Waals surface area (Å²) in [4.78, 5) is 17.3. The van der Waals surface area contributed by atoms with Crippen molar-refractivity contribution in [3.63, 3.8) is 0 Å². The second-order valence-electron chi connectivity index (χ2n) is 6.60. The average molecular weight is 472 g/mol. The van der Waals surface area contributed by atoms with E-state index >= 15 is 0 Å². The maximum absolute atomic E-state index is 12.8. The van der Waals surface area contributed by atoms with Gasteiger partial charge in [-0.05, 0) is 42.5 Å². The number of hydrogen-bond donors (Lipinski definition) is 1. The molecule has 1 amide bonds. The van der Waals surface area contributed by atoms with E-state index in [0.717, 1.165) is 41.8 Å². The number of sulfone groups is 1. The Kier molecular flexibility index (Phi) is 5.23. The predicted octanol–water partition coefficient (Wildman–Crippen LogP) is 2.80. The van der Waals surface area contributed by atoms with Crippen molar-refractivity contribution in [3.05, 3.63) is 34.5 Å². The predicted molar refractivity (Wildman–Crippen MR) is 113 cm³/mol. The fraction of sp³-hybridized carbons (Fsp3) is 0.294. The Morgan fingerprint density at radius 2 is 1.86 bits per heavy atom. The number of nitrogens with one attached hydrogen (secondary N) is 1. The molecule has 0 unspecified atom stereocenters. The van der Waals surface area contributed by atoms with E-state index in [0.29, 0.717) is 23.3 Å². The number of fused-ring (bicyclic) bond motifs is 1. The van der Waals surface area contributed by atoms with Crippen molar-refractivity contribution < 1.29 is 21.6 Å². The van der Waals surface area contributed by atoms with E-state index in [1.165, 1.54) is 22.5 Å². The van der Waals surface area contributed by atoms with Crippen LogP contribution in [0.15, 0.2) is 39.4 Å². The number of benzene rings is 1. The molecule has 1 aromatic carbocycles. The Morgan fingerprint density at radius 1 is 1.14 bits per heavy atom. The van der Waals surface area contributed by atoms with Gasteiger partial charge in [0.1, 0.15) is 9.77 Å². The standard InChI is InChI=1S/C17H17N3O5S4/c1-28(22,23)11-4-5-12-13(10-11)27-17(18-12)19-16(21)15-14(6-9-26-15)29(24,25)20-7-2-3-8-20/h4-6,9-10H,2-3,7-8H2,1H3,(H,18,19,21). The number of amides is 1. The van der Waals surface area contributed by atoms with Crippen LogP contribution in [-0.2, 0) is 19.9 Å². The molecule has 1 saturated heterocycles. The number of hydrogen-bond acceptors (Lipinski definition) is 8. The first-order valence-corrected chi connectivity index (χ1v) is 13.7. The number of carbonyl (C=O) groups excluding carboxylic acids is 1. The van der Waals surface area contributed by atoms with Crippen molar-refractivity contribution in [3.8, 4) is 0 Å². The number of aromatic nitrogens is 1. The van der Waals surface area contributed by atoms with Gasteiger partial charge >= 0.3 is 0 Å². The maximum atomic E-state index is 12.8. The summed E-state index contributed by atoms with van der Waals surface area (Å²) in [6, 6.07) is 5.99. The molecule has 3 heterocycles. The Bertz CT molecular complexity index is 1300. The van der Waals surface area contributed by atoms with Crippen molar-refractivity contribution in [2.75, 3.05) is 24.7 Å². The van der Waals surface area contributed by atoms with Gasteiger partial charge in [-0.1, -0.05) is 11.3 Å². The Balaban J connectivity index is 1.62. The lowest BCUT2D eigenvalue weighted by molar-refractivity contribution is 0.102. The fourth-order valence-corrected chi connectivity index (χ4v) is 7.51. The quantitative estimate of drug-likeness (QED) is 0.612. The van der Waals surface area contributed by atoms with Gasteiger partial charge < -0.3 is 0 Å². The van der Waals surface area contributed by atoms with Crippen LogP contribution in [0.1, 0.15) is 22.5 Å². The van der Waals surface area contributed by atoms with E-state index in [2.05, 4.69) is 10.3 Å². The largest absolute Gasteiger partial charge is 0.297 e. The number of anilines is 1. The van der Waals surface area contributed by atoms with Gasteiger partial charge in [-0.2, -0.15) is 4.31 Å². The molecule has 8 nitrogen and oxygen atoms in total. The number of thiazole rings is 1. The van der Waals surface area contributed by atoms with Gasteiger partial charge in [0, 0.05) is 19.3 Å². The van der Waals surface area contributed by atoms with Crippen LogP contribution in [0.5, 0.6) is 0 Å². The Hall–Kier alpha value is -1.86. The first-order chi connectivity index (χ1) is 13.7. The van der Waals surface area contributed by atoms with Gasteiger partial charge in [0.25, 0.3) is 5.91 Å². The van der Waals surface area contributed by atoms with Gasteiger partial charge in [0.05, 0.1) is 15.1 Å². The molecule has 1 aliphatic heterocycles. The molecular weight excluding hydrogens is 454 g/mol. The average Bonchev–Trinajstić information content (AvgIpc) is 3.39. The monoisotopic (exact) mass is 471 g/mol. The normalized spacial score (nSPS) is 15.8. The zero-order valence-electron chi connectivity index (χ0n) is 15.3. The Labute approximate surface area is 176 Å². The van der Waals surface area contributed by atoms with E-state index in [-0.39, 0.29) is 19.8 Å². The number of carbonyl (C=O) groups is 1. The third kappa shape index (κ3) is 3.94. The zero-order chi connectivity index (χ0) is 20.8. The molecule has 0 bridgehead atoms. The summed E-state index contributed by atoms with van der Waals surface area (Å²) in [6.07, 6.45) is 2.75. The molecule has 1 N–H and O–H groups in total. The third-order valence-electron chi connectivity index (χ3n) is 4.53. The lowest BCUT2D eigenvalue weighted by atomic mass is 10.3. The minimum Gasteiger partial charge on any atom is -0.297 e. The summed E-state index contributed by atoms with van der Waals surface area (Å²) in [5.41, 5.74) is 0.550. The molecule has 29 heavy (non-hydrogen) atoms. The van der Waals surface area contributed by atoms with E-state index in [1.54, 1.807) is 11.4 Å². The van der Waals surface area contributed by atoms with Crippen molar-refractivity contribution in [2.24, 2.45) is 0 Å².